The van der Waals surface area contributed by atoms with Crippen LogP contribution in [0.3, 0.4) is 0 Å². The molecule has 102 valence electrons. The van der Waals surface area contributed by atoms with Gasteiger partial charge in [-0.25, -0.2) is 9.67 Å². The summed E-state index contributed by atoms with van der Waals surface area (Å²) in [7, 11) is 1.78. The molecule has 0 aromatic carbocycles. The number of aromatic nitrogens is 5. The molecular formula is C12H18N6O. The number of amides is 1. The van der Waals surface area contributed by atoms with Crippen LogP contribution in [0.1, 0.15) is 42.6 Å². The third kappa shape index (κ3) is 2.81. The highest BCUT2D eigenvalue weighted by Crippen LogP contribution is 2.14. The second-order valence-electron chi connectivity index (χ2n) is 4.24. The molecule has 2 rings (SSSR count). The van der Waals surface area contributed by atoms with Gasteiger partial charge >= 0.3 is 0 Å². The second-order valence-corrected chi connectivity index (χ2v) is 4.24. The lowest BCUT2D eigenvalue weighted by atomic mass is 10.2. The molecule has 0 aliphatic heterocycles. The zero-order valence-electron chi connectivity index (χ0n) is 11.4. The largest absolute Gasteiger partial charge is 0.341 e. The Morgan fingerprint density at radius 1 is 1.47 bits per heavy atom. The van der Waals surface area contributed by atoms with Crippen molar-refractivity contribution in [1.82, 2.24) is 29.9 Å². The fraction of sp³-hybridized carbons (Fsp3) is 0.500. The van der Waals surface area contributed by atoms with Gasteiger partial charge in [-0.1, -0.05) is 6.92 Å². The number of nitrogens with zero attached hydrogens (tertiary/aromatic N) is 5. The molecule has 0 bridgehead atoms. The van der Waals surface area contributed by atoms with Crippen LogP contribution in [0.4, 0.5) is 0 Å². The molecule has 0 spiro atoms. The van der Waals surface area contributed by atoms with Crippen molar-refractivity contribution in [3.8, 4) is 0 Å². The Balaban J connectivity index is 2.13. The Bertz CT molecular complexity index is 558. The summed E-state index contributed by atoms with van der Waals surface area (Å²) < 4.78 is 3.39. The molecule has 0 saturated carbocycles. The number of rotatable bonds is 5. The van der Waals surface area contributed by atoms with E-state index in [0.29, 0.717) is 5.69 Å². The van der Waals surface area contributed by atoms with Gasteiger partial charge in [0.2, 0.25) is 0 Å². The van der Waals surface area contributed by atoms with E-state index in [4.69, 9.17) is 0 Å². The van der Waals surface area contributed by atoms with Crippen molar-refractivity contribution in [2.24, 2.45) is 7.05 Å². The number of hydrogen-bond donors (Lipinski definition) is 1. The average Bonchev–Trinajstić information content (AvgIpc) is 3.03. The van der Waals surface area contributed by atoms with E-state index in [0.717, 1.165) is 18.8 Å². The quantitative estimate of drug-likeness (QED) is 0.869. The standard InChI is InChI=1S/C12H18N6O/c1-4-9(11-13-8-14-18(11)5-2)15-12(19)10-6-7-17(3)16-10/h6-9H,4-5H2,1-3H3,(H,15,19). The fourth-order valence-corrected chi connectivity index (χ4v) is 1.90. The molecule has 0 aliphatic carbocycles. The predicted molar refractivity (Wildman–Crippen MR) is 69.4 cm³/mol. The van der Waals surface area contributed by atoms with Crippen LogP contribution in [0.2, 0.25) is 0 Å². The van der Waals surface area contributed by atoms with Crippen LogP contribution in [-0.4, -0.2) is 30.5 Å². The van der Waals surface area contributed by atoms with Crippen LogP contribution >= 0.6 is 0 Å². The summed E-state index contributed by atoms with van der Waals surface area (Å²) >= 11 is 0. The lowest BCUT2D eigenvalue weighted by molar-refractivity contribution is 0.0927. The van der Waals surface area contributed by atoms with Crippen molar-refractivity contribution >= 4 is 5.91 Å². The Kier molecular flexibility index (Phi) is 3.94. The van der Waals surface area contributed by atoms with Gasteiger partial charge in [0.1, 0.15) is 17.8 Å². The zero-order chi connectivity index (χ0) is 13.8. The average molecular weight is 262 g/mol. The smallest absolute Gasteiger partial charge is 0.272 e. The highest BCUT2D eigenvalue weighted by molar-refractivity contribution is 5.92. The van der Waals surface area contributed by atoms with Gasteiger partial charge in [-0.15, -0.1) is 0 Å². The fourth-order valence-electron chi connectivity index (χ4n) is 1.90. The normalized spacial score (nSPS) is 12.4. The van der Waals surface area contributed by atoms with Gasteiger partial charge in [0, 0.05) is 19.8 Å². The summed E-state index contributed by atoms with van der Waals surface area (Å²) in [5, 5.41) is 11.1. The molecule has 2 aromatic heterocycles. The molecule has 2 aromatic rings. The van der Waals surface area contributed by atoms with E-state index in [1.54, 1.807) is 28.7 Å². The van der Waals surface area contributed by atoms with Gasteiger partial charge in [-0.3, -0.25) is 9.48 Å². The van der Waals surface area contributed by atoms with Gasteiger partial charge in [0.15, 0.2) is 0 Å². The highest BCUT2D eigenvalue weighted by atomic mass is 16.2. The summed E-state index contributed by atoms with van der Waals surface area (Å²) in [4.78, 5) is 16.3. The molecule has 1 unspecified atom stereocenters. The summed E-state index contributed by atoms with van der Waals surface area (Å²) in [6.07, 6.45) is 4.00. The Hall–Kier alpha value is -2.18. The maximum absolute atomic E-state index is 12.1. The van der Waals surface area contributed by atoms with Crippen molar-refractivity contribution < 1.29 is 4.79 Å². The summed E-state index contributed by atoms with van der Waals surface area (Å²) in [5.74, 6) is 0.576. The summed E-state index contributed by atoms with van der Waals surface area (Å²) in [6, 6.07) is 1.53. The lowest BCUT2D eigenvalue weighted by Crippen LogP contribution is -2.30. The second kappa shape index (κ2) is 5.64. The van der Waals surface area contributed by atoms with Crippen LogP contribution in [0.15, 0.2) is 18.6 Å². The first-order valence-electron chi connectivity index (χ1n) is 6.33. The first kappa shape index (κ1) is 13.3. The zero-order valence-corrected chi connectivity index (χ0v) is 11.4. The molecule has 0 fully saturated rings. The molecule has 19 heavy (non-hydrogen) atoms. The lowest BCUT2D eigenvalue weighted by Gasteiger charge is -2.16. The molecule has 1 N–H and O–H groups in total. The monoisotopic (exact) mass is 262 g/mol. The minimum Gasteiger partial charge on any atom is -0.341 e. The van der Waals surface area contributed by atoms with Crippen molar-refractivity contribution in [3.63, 3.8) is 0 Å². The predicted octanol–water partition coefficient (Wildman–Crippen LogP) is 0.913. The number of carbonyl (C=O) groups excluding carboxylic acids is 1. The first-order chi connectivity index (χ1) is 9.15. The van der Waals surface area contributed by atoms with Crippen molar-refractivity contribution in [2.45, 2.75) is 32.9 Å². The number of carbonyl (C=O) groups is 1. The molecule has 7 heteroatoms. The van der Waals surface area contributed by atoms with E-state index in [2.05, 4.69) is 20.5 Å². The van der Waals surface area contributed by atoms with Crippen LogP contribution in [0.25, 0.3) is 0 Å². The van der Waals surface area contributed by atoms with Crippen LogP contribution in [-0.2, 0) is 13.6 Å². The van der Waals surface area contributed by atoms with Crippen LogP contribution < -0.4 is 5.32 Å². The molecule has 2 heterocycles. The molecule has 7 nitrogen and oxygen atoms in total. The number of hydrogen-bond acceptors (Lipinski definition) is 4. The van der Waals surface area contributed by atoms with Crippen LogP contribution in [0.5, 0.6) is 0 Å². The molecular weight excluding hydrogens is 244 g/mol. The Morgan fingerprint density at radius 2 is 2.26 bits per heavy atom. The third-order valence-corrected chi connectivity index (χ3v) is 2.92. The molecule has 0 aliphatic rings. The van der Waals surface area contributed by atoms with E-state index < -0.39 is 0 Å². The van der Waals surface area contributed by atoms with Gasteiger partial charge in [-0.2, -0.15) is 10.2 Å². The van der Waals surface area contributed by atoms with Gasteiger partial charge in [0.25, 0.3) is 5.91 Å². The Labute approximate surface area is 111 Å². The van der Waals surface area contributed by atoms with Crippen LogP contribution in [0, 0.1) is 0 Å². The van der Waals surface area contributed by atoms with Gasteiger partial charge < -0.3 is 5.32 Å². The molecule has 1 atom stereocenters. The highest BCUT2D eigenvalue weighted by Gasteiger charge is 2.19. The van der Waals surface area contributed by atoms with Crippen molar-refractivity contribution in [1.29, 1.82) is 0 Å². The molecule has 0 saturated heterocycles. The van der Waals surface area contributed by atoms with E-state index in [-0.39, 0.29) is 11.9 Å². The van der Waals surface area contributed by atoms with Crippen molar-refractivity contribution in [3.05, 3.63) is 30.1 Å². The number of nitrogens with one attached hydrogen (secondary N) is 1. The van der Waals surface area contributed by atoms with Crippen molar-refractivity contribution in [2.75, 3.05) is 0 Å². The maximum atomic E-state index is 12.1. The van der Waals surface area contributed by atoms with E-state index in [1.807, 2.05) is 13.8 Å². The van der Waals surface area contributed by atoms with E-state index >= 15 is 0 Å². The topological polar surface area (TPSA) is 77.6 Å². The summed E-state index contributed by atoms with van der Waals surface area (Å²) in [5.41, 5.74) is 0.406. The minimum atomic E-state index is -0.196. The SMILES string of the molecule is CCC(NC(=O)c1ccn(C)n1)c1ncnn1CC. The Morgan fingerprint density at radius 3 is 2.84 bits per heavy atom. The van der Waals surface area contributed by atoms with Gasteiger partial charge in [0.05, 0.1) is 6.04 Å². The summed E-state index contributed by atoms with van der Waals surface area (Å²) in [6.45, 7) is 4.72. The van der Waals surface area contributed by atoms with E-state index in [1.165, 1.54) is 6.33 Å². The number of aryl methyl sites for hydroxylation is 2. The third-order valence-electron chi connectivity index (χ3n) is 2.92. The first-order valence-corrected chi connectivity index (χ1v) is 6.33. The molecule has 1 amide bonds. The van der Waals surface area contributed by atoms with Gasteiger partial charge in [-0.05, 0) is 19.4 Å². The van der Waals surface area contributed by atoms with E-state index in [9.17, 15) is 4.79 Å². The minimum absolute atomic E-state index is 0.156. The molecule has 0 radical (unpaired) electrons. The maximum Gasteiger partial charge on any atom is 0.272 e.